The standard InChI is InChI=1S/C19H26N2O4/c1-19-10-4-5-11-21(16(19)8-9-17(22)20-19)12-14-6-2-3-7-15(14)25-13-18(23)24/h2-3,6-7,16H,4-5,8-13H2,1H3,(H,20,22)(H,23,24)/t16-,19-/m0/s1. The molecule has 0 aliphatic carbocycles. The molecule has 136 valence electrons. The van der Waals surface area contributed by atoms with Crippen LogP contribution in [0.1, 0.15) is 44.6 Å². The zero-order valence-electron chi connectivity index (χ0n) is 14.7. The maximum absolute atomic E-state index is 11.9. The third-order valence-corrected chi connectivity index (χ3v) is 5.33. The molecule has 6 nitrogen and oxygen atoms in total. The van der Waals surface area contributed by atoms with Crippen molar-refractivity contribution in [3.05, 3.63) is 29.8 Å². The summed E-state index contributed by atoms with van der Waals surface area (Å²) in [6.45, 7) is 3.49. The van der Waals surface area contributed by atoms with Crippen LogP contribution in [0.3, 0.4) is 0 Å². The second-order valence-corrected chi connectivity index (χ2v) is 7.24. The van der Waals surface area contributed by atoms with Gasteiger partial charge in [0.05, 0.1) is 5.54 Å². The van der Waals surface area contributed by atoms with Crippen LogP contribution in [0.25, 0.3) is 0 Å². The normalized spacial score (nSPS) is 27.1. The monoisotopic (exact) mass is 346 g/mol. The number of likely N-dealkylation sites (tertiary alicyclic amines) is 1. The van der Waals surface area contributed by atoms with Gasteiger partial charge < -0.3 is 15.2 Å². The summed E-state index contributed by atoms with van der Waals surface area (Å²) in [5, 5.41) is 12.1. The fourth-order valence-electron chi connectivity index (χ4n) is 4.15. The van der Waals surface area contributed by atoms with E-state index in [9.17, 15) is 9.59 Å². The van der Waals surface area contributed by atoms with E-state index >= 15 is 0 Å². The van der Waals surface area contributed by atoms with Crippen molar-refractivity contribution < 1.29 is 19.4 Å². The minimum Gasteiger partial charge on any atom is -0.482 e. The van der Waals surface area contributed by atoms with Gasteiger partial charge in [0.2, 0.25) is 5.91 Å². The van der Waals surface area contributed by atoms with Crippen molar-refractivity contribution in [3.8, 4) is 5.75 Å². The maximum Gasteiger partial charge on any atom is 0.341 e. The van der Waals surface area contributed by atoms with Crippen LogP contribution < -0.4 is 10.1 Å². The fraction of sp³-hybridized carbons (Fsp3) is 0.579. The van der Waals surface area contributed by atoms with Gasteiger partial charge >= 0.3 is 5.97 Å². The topological polar surface area (TPSA) is 78.9 Å². The van der Waals surface area contributed by atoms with Crippen LogP contribution in [0.15, 0.2) is 24.3 Å². The smallest absolute Gasteiger partial charge is 0.341 e. The minimum absolute atomic E-state index is 0.144. The number of piperidine rings is 1. The molecule has 0 bridgehead atoms. The van der Waals surface area contributed by atoms with E-state index in [0.29, 0.717) is 24.8 Å². The summed E-state index contributed by atoms with van der Waals surface area (Å²) < 4.78 is 5.45. The maximum atomic E-state index is 11.9. The summed E-state index contributed by atoms with van der Waals surface area (Å²) in [7, 11) is 0. The third kappa shape index (κ3) is 4.12. The van der Waals surface area contributed by atoms with Crippen molar-refractivity contribution in [1.29, 1.82) is 0 Å². The highest BCUT2D eigenvalue weighted by atomic mass is 16.5. The third-order valence-electron chi connectivity index (χ3n) is 5.33. The number of benzene rings is 1. The Morgan fingerprint density at radius 3 is 3.00 bits per heavy atom. The summed E-state index contributed by atoms with van der Waals surface area (Å²) >= 11 is 0. The summed E-state index contributed by atoms with van der Waals surface area (Å²) in [4.78, 5) is 25.1. The molecule has 0 saturated carbocycles. The predicted molar refractivity (Wildman–Crippen MR) is 93.4 cm³/mol. The molecule has 2 heterocycles. The molecule has 3 rings (SSSR count). The van der Waals surface area contributed by atoms with Crippen LogP contribution in [0.4, 0.5) is 0 Å². The molecule has 1 aromatic carbocycles. The first kappa shape index (κ1) is 17.7. The largest absolute Gasteiger partial charge is 0.482 e. The van der Waals surface area contributed by atoms with Gasteiger partial charge in [-0.3, -0.25) is 9.69 Å². The Labute approximate surface area is 148 Å². The van der Waals surface area contributed by atoms with E-state index < -0.39 is 5.97 Å². The van der Waals surface area contributed by atoms with Crippen LogP contribution in [0.2, 0.25) is 0 Å². The average Bonchev–Trinajstić information content (AvgIpc) is 2.72. The van der Waals surface area contributed by atoms with Crippen LogP contribution in [0, 0.1) is 0 Å². The zero-order valence-corrected chi connectivity index (χ0v) is 14.7. The Hall–Kier alpha value is -2.08. The van der Waals surface area contributed by atoms with E-state index in [4.69, 9.17) is 9.84 Å². The number of rotatable bonds is 5. The van der Waals surface area contributed by atoms with E-state index in [1.165, 1.54) is 0 Å². The second-order valence-electron chi connectivity index (χ2n) is 7.24. The van der Waals surface area contributed by atoms with Crippen molar-refractivity contribution >= 4 is 11.9 Å². The van der Waals surface area contributed by atoms with Crippen molar-refractivity contribution in [1.82, 2.24) is 10.2 Å². The molecule has 25 heavy (non-hydrogen) atoms. The molecule has 2 aliphatic heterocycles. The first-order valence-corrected chi connectivity index (χ1v) is 8.95. The van der Waals surface area contributed by atoms with E-state index in [2.05, 4.69) is 17.1 Å². The van der Waals surface area contributed by atoms with E-state index in [1.807, 2.05) is 24.3 Å². The highest BCUT2D eigenvalue weighted by Crippen LogP contribution is 2.34. The molecule has 2 N–H and O–H groups in total. The summed E-state index contributed by atoms with van der Waals surface area (Å²) in [6.07, 6.45) is 4.62. The van der Waals surface area contributed by atoms with Crippen LogP contribution in [-0.2, 0) is 16.1 Å². The van der Waals surface area contributed by atoms with Gasteiger partial charge in [-0.05, 0) is 45.2 Å². The number of para-hydroxylation sites is 1. The quantitative estimate of drug-likeness (QED) is 0.854. The number of aliphatic carboxylic acids is 1. The molecule has 1 amide bonds. The van der Waals surface area contributed by atoms with Gasteiger partial charge in [-0.25, -0.2) is 4.79 Å². The second kappa shape index (κ2) is 7.44. The number of carboxylic acids is 1. The van der Waals surface area contributed by atoms with Gasteiger partial charge in [-0.1, -0.05) is 18.2 Å². The molecule has 2 fully saturated rings. The van der Waals surface area contributed by atoms with Crippen LogP contribution in [0.5, 0.6) is 5.75 Å². The minimum atomic E-state index is -0.979. The van der Waals surface area contributed by atoms with Crippen molar-refractivity contribution in [2.75, 3.05) is 13.2 Å². The lowest BCUT2D eigenvalue weighted by Gasteiger charge is -2.46. The lowest BCUT2D eigenvalue weighted by Crippen LogP contribution is -2.62. The molecule has 0 radical (unpaired) electrons. The molecule has 0 spiro atoms. The van der Waals surface area contributed by atoms with Gasteiger partial charge in [0.25, 0.3) is 0 Å². The Kier molecular flexibility index (Phi) is 5.27. The number of nitrogens with one attached hydrogen (secondary N) is 1. The molecule has 2 aliphatic rings. The Bertz CT molecular complexity index is 648. The van der Waals surface area contributed by atoms with Gasteiger partial charge in [-0.15, -0.1) is 0 Å². The van der Waals surface area contributed by atoms with E-state index in [-0.39, 0.29) is 18.1 Å². The number of amides is 1. The number of ether oxygens (including phenoxy) is 1. The average molecular weight is 346 g/mol. The summed E-state index contributed by atoms with van der Waals surface area (Å²) in [6, 6.07) is 7.90. The molecule has 2 saturated heterocycles. The zero-order chi connectivity index (χ0) is 17.9. The van der Waals surface area contributed by atoms with Crippen LogP contribution in [-0.4, -0.2) is 46.6 Å². The molecule has 6 heteroatoms. The number of carboxylic acid groups (broad SMARTS) is 1. The molecular formula is C19H26N2O4. The lowest BCUT2D eigenvalue weighted by atomic mass is 9.81. The van der Waals surface area contributed by atoms with Crippen molar-refractivity contribution in [2.45, 2.75) is 57.2 Å². The SMILES string of the molecule is C[C@]12CCCCN(Cc3ccccc3OCC(=O)O)[C@H]1CCC(=O)N2. The Balaban J connectivity index is 1.79. The fourth-order valence-corrected chi connectivity index (χ4v) is 4.15. The number of hydrogen-bond donors (Lipinski definition) is 2. The molecule has 0 unspecified atom stereocenters. The van der Waals surface area contributed by atoms with Gasteiger partial charge in [-0.2, -0.15) is 0 Å². The van der Waals surface area contributed by atoms with Crippen LogP contribution >= 0.6 is 0 Å². The number of carbonyl (C=O) groups is 2. The molecule has 1 aromatic rings. The number of fused-ring (bicyclic) bond motifs is 1. The van der Waals surface area contributed by atoms with E-state index in [1.54, 1.807) is 0 Å². The highest BCUT2D eigenvalue weighted by Gasteiger charge is 2.43. The predicted octanol–water partition coefficient (Wildman–Crippen LogP) is 2.17. The first-order chi connectivity index (χ1) is 12.0. The summed E-state index contributed by atoms with van der Waals surface area (Å²) in [5.74, 6) is -0.214. The van der Waals surface area contributed by atoms with Gasteiger partial charge in [0.15, 0.2) is 6.61 Å². The first-order valence-electron chi connectivity index (χ1n) is 8.95. The Morgan fingerprint density at radius 1 is 1.40 bits per heavy atom. The van der Waals surface area contributed by atoms with Crippen molar-refractivity contribution in [3.63, 3.8) is 0 Å². The molecule has 0 aromatic heterocycles. The van der Waals surface area contributed by atoms with Crippen molar-refractivity contribution in [2.24, 2.45) is 0 Å². The number of hydrogen-bond acceptors (Lipinski definition) is 4. The molecular weight excluding hydrogens is 320 g/mol. The molecule has 2 atom stereocenters. The Morgan fingerprint density at radius 2 is 2.20 bits per heavy atom. The highest BCUT2D eigenvalue weighted by molar-refractivity contribution is 5.78. The van der Waals surface area contributed by atoms with Gasteiger partial charge in [0.1, 0.15) is 5.75 Å². The van der Waals surface area contributed by atoms with E-state index in [0.717, 1.165) is 37.8 Å². The summed E-state index contributed by atoms with van der Waals surface area (Å²) in [5.41, 5.74) is 0.799. The lowest BCUT2D eigenvalue weighted by molar-refractivity contribution is -0.139. The number of nitrogens with zero attached hydrogens (tertiary/aromatic N) is 1. The number of carbonyl (C=O) groups excluding carboxylic acids is 1. The van der Waals surface area contributed by atoms with Gasteiger partial charge in [0, 0.05) is 24.6 Å².